The van der Waals surface area contributed by atoms with Gasteiger partial charge in [-0.3, -0.25) is 14.5 Å². The second-order valence-electron chi connectivity index (χ2n) is 8.20. The van der Waals surface area contributed by atoms with Gasteiger partial charge in [-0.2, -0.15) is 13.2 Å². The first-order valence-electron chi connectivity index (χ1n) is 11.1. The predicted molar refractivity (Wildman–Crippen MR) is 141 cm³/mol. The molecule has 0 bridgehead atoms. The summed E-state index contributed by atoms with van der Waals surface area (Å²) < 4.78 is 65.3. The first kappa shape index (κ1) is 30.0. The standard InChI is InChI=1S/C24H22Cl2F3N5O4S/c25-19-3-1-2-17(21(19)26)14-34(23(30)36)10-11-39(37,38)33-18-7-5-16(6-8-18)22(35)32-13-15-4-9-20(31-12-15)24(27,28)29/h1-9,12,33H,10-11,13-14H2,(H2,30,36)(H,32,35). The van der Waals surface area contributed by atoms with E-state index in [-0.39, 0.29) is 40.9 Å². The summed E-state index contributed by atoms with van der Waals surface area (Å²) in [6.07, 6.45) is -3.54. The molecule has 0 atom stereocenters. The lowest BCUT2D eigenvalue weighted by molar-refractivity contribution is -0.141. The predicted octanol–water partition coefficient (Wildman–Crippen LogP) is 4.66. The summed E-state index contributed by atoms with van der Waals surface area (Å²) >= 11 is 12.1. The molecule has 0 saturated heterocycles. The number of hydrogen-bond acceptors (Lipinski definition) is 5. The average molecular weight is 604 g/mol. The van der Waals surface area contributed by atoms with Crippen LogP contribution in [0.2, 0.25) is 10.0 Å². The quantitative estimate of drug-likeness (QED) is 0.310. The molecule has 3 rings (SSSR count). The molecular formula is C24H22Cl2F3N5O4S. The number of nitrogens with one attached hydrogen (secondary N) is 2. The lowest BCUT2D eigenvalue weighted by atomic mass is 10.2. The van der Waals surface area contributed by atoms with Crippen LogP contribution in [0.25, 0.3) is 0 Å². The second-order valence-corrected chi connectivity index (χ2v) is 10.8. The van der Waals surface area contributed by atoms with Crippen LogP contribution in [0.4, 0.5) is 23.7 Å². The Balaban J connectivity index is 1.54. The highest BCUT2D eigenvalue weighted by Gasteiger charge is 2.32. The molecule has 39 heavy (non-hydrogen) atoms. The molecule has 0 unspecified atom stereocenters. The third-order valence-electron chi connectivity index (χ3n) is 5.32. The van der Waals surface area contributed by atoms with E-state index in [9.17, 15) is 31.2 Å². The lowest BCUT2D eigenvalue weighted by Crippen LogP contribution is -2.39. The highest BCUT2D eigenvalue weighted by Crippen LogP contribution is 2.27. The summed E-state index contributed by atoms with van der Waals surface area (Å²) in [6, 6.07) is 11.5. The van der Waals surface area contributed by atoms with Crippen molar-refractivity contribution >= 4 is 50.9 Å². The molecule has 3 aromatic rings. The van der Waals surface area contributed by atoms with Crippen LogP contribution in [0.15, 0.2) is 60.8 Å². The number of hydrogen-bond donors (Lipinski definition) is 3. The number of alkyl halides is 3. The molecule has 0 radical (unpaired) electrons. The van der Waals surface area contributed by atoms with E-state index in [1.807, 2.05) is 0 Å². The molecule has 0 aliphatic carbocycles. The van der Waals surface area contributed by atoms with Gasteiger partial charge in [0.05, 0.1) is 15.8 Å². The van der Waals surface area contributed by atoms with Gasteiger partial charge in [0.25, 0.3) is 5.91 Å². The largest absolute Gasteiger partial charge is 0.433 e. The van der Waals surface area contributed by atoms with E-state index >= 15 is 0 Å². The first-order valence-corrected chi connectivity index (χ1v) is 13.5. The Morgan fingerprint density at radius 3 is 2.31 bits per heavy atom. The van der Waals surface area contributed by atoms with Crippen LogP contribution < -0.4 is 15.8 Å². The van der Waals surface area contributed by atoms with Crippen LogP contribution in [0.1, 0.15) is 27.2 Å². The number of sulfonamides is 1. The molecule has 2 aromatic carbocycles. The number of carbonyl (C=O) groups is 2. The smallest absolute Gasteiger partial charge is 0.351 e. The minimum absolute atomic E-state index is 0.0450. The second kappa shape index (κ2) is 12.5. The maximum atomic E-state index is 12.6. The molecule has 1 heterocycles. The Morgan fingerprint density at radius 2 is 1.72 bits per heavy atom. The zero-order valence-corrected chi connectivity index (χ0v) is 22.3. The van der Waals surface area contributed by atoms with Gasteiger partial charge in [-0.15, -0.1) is 0 Å². The van der Waals surface area contributed by atoms with E-state index in [0.29, 0.717) is 11.1 Å². The van der Waals surface area contributed by atoms with Crippen molar-refractivity contribution in [1.29, 1.82) is 0 Å². The SMILES string of the molecule is NC(=O)N(CCS(=O)(=O)Nc1ccc(C(=O)NCc2ccc(C(F)(F)F)nc2)cc1)Cc1cccc(Cl)c1Cl. The van der Waals surface area contributed by atoms with Crippen LogP contribution in [0.5, 0.6) is 0 Å². The summed E-state index contributed by atoms with van der Waals surface area (Å²) in [5, 5.41) is 3.05. The van der Waals surface area contributed by atoms with Crippen molar-refractivity contribution in [2.45, 2.75) is 19.3 Å². The molecule has 1 aromatic heterocycles. The van der Waals surface area contributed by atoms with Crippen molar-refractivity contribution in [2.24, 2.45) is 5.73 Å². The molecule has 208 valence electrons. The molecule has 0 aliphatic heterocycles. The van der Waals surface area contributed by atoms with Gasteiger partial charge in [0, 0.05) is 37.1 Å². The number of anilines is 1. The molecule has 0 saturated carbocycles. The fourth-order valence-electron chi connectivity index (χ4n) is 3.28. The molecule has 3 amide bonds. The van der Waals surface area contributed by atoms with Gasteiger partial charge in [0.15, 0.2) is 0 Å². The van der Waals surface area contributed by atoms with Crippen LogP contribution in [0, 0.1) is 0 Å². The highest BCUT2D eigenvalue weighted by molar-refractivity contribution is 7.92. The minimum Gasteiger partial charge on any atom is -0.351 e. The maximum Gasteiger partial charge on any atom is 0.433 e. The number of primary amides is 1. The number of aromatic nitrogens is 1. The Bertz CT molecular complexity index is 1440. The number of carbonyl (C=O) groups excluding carboxylic acids is 2. The van der Waals surface area contributed by atoms with E-state index in [1.165, 1.54) is 30.3 Å². The first-order chi connectivity index (χ1) is 18.2. The summed E-state index contributed by atoms with van der Waals surface area (Å²) in [7, 11) is -3.91. The van der Waals surface area contributed by atoms with Crippen LogP contribution in [0.3, 0.4) is 0 Å². The molecular weight excluding hydrogens is 582 g/mol. The van der Waals surface area contributed by atoms with Gasteiger partial charge < -0.3 is 16.0 Å². The number of urea groups is 1. The van der Waals surface area contributed by atoms with Crippen LogP contribution in [-0.4, -0.2) is 42.5 Å². The Kier molecular flexibility index (Phi) is 9.64. The summed E-state index contributed by atoms with van der Waals surface area (Å²) in [4.78, 5) is 28.6. The normalized spacial score (nSPS) is 11.6. The van der Waals surface area contributed by atoms with E-state index in [2.05, 4.69) is 15.0 Å². The Morgan fingerprint density at radius 1 is 1.03 bits per heavy atom. The third-order valence-corrected chi connectivity index (χ3v) is 7.45. The van der Waals surface area contributed by atoms with Crippen molar-refractivity contribution in [3.63, 3.8) is 0 Å². The van der Waals surface area contributed by atoms with E-state index in [0.717, 1.165) is 17.2 Å². The number of nitrogens with two attached hydrogens (primary N) is 1. The highest BCUT2D eigenvalue weighted by atomic mass is 35.5. The molecule has 4 N–H and O–H groups in total. The van der Waals surface area contributed by atoms with Crippen molar-refractivity contribution in [1.82, 2.24) is 15.2 Å². The Labute approximate surface area is 232 Å². The van der Waals surface area contributed by atoms with E-state index in [4.69, 9.17) is 28.9 Å². The Hall–Kier alpha value is -3.55. The number of pyridine rings is 1. The van der Waals surface area contributed by atoms with Gasteiger partial charge in [-0.1, -0.05) is 41.4 Å². The third kappa shape index (κ3) is 8.73. The van der Waals surface area contributed by atoms with Crippen molar-refractivity contribution in [2.75, 3.05) is 17.0 Å². The number of halogens is 5. The van der Waals surface area contributed by atoms with Crippen molar-refractivity contribution < 1.29 is 31.2 Å². The molecule has 0 fully saturated rings. The summed E-state index contributed by atoms with van der Waals surface area (Å²) in [5.41, 5.74) is 5.58. The molecule has 0 aliphatic rings. The number of benzene rings is 2. The number of nitrogens with zero attached hydrogens (tertiary/aromatic N) is 2. The number of amides is 3. The summed E-state index contributed by atoms with van der Waals surface area (Å²) in [6.45, 7) is -0.335. The molecule has 0 spiro atoms. The fourth-order valence-corrected chi connectivity index (χ4v) is 4.71. The van der Waals surface area contributed by atoms with Gasteiger partial charge in [0.2, 0.25) is 10.0 Å². The van der Waals surface area contributed by atoms with Gasteiger partial charge in [-0.25, -0.2) is 13.2 Å². The lowest BCUT2D eigenvalue weighted by Gasteiger charge is -2.21. The molecule has 15 heteroatoms. The van der Waals surface area contributed by atoms with E-state index < -0.39 is 39.6 Å². The monoisotopic (exact) mass is 603 g/mol. The zero-order chi connectivity index (χ0) is 28.8. The van der Waals surface area contributed by atoms with Crippen LogP contribution in [-0.2, 0) is 29.3 Å². The number of rotatable bonds is 10. The van der Waals surface area contributed by atoms with Crippen LogP contribution >= 0.6 is 23.2 Å². The average Bonchev–Trinajstić information content (AvgIpc) is 2.87. The minimum atomic E-state index is -4.56. The van der Waals surface area contributed by atoms with E-state index in [1.54, 1.807) is 18.2 Å². The van der Waals surface area contributed by atoms with Crippen molar-refractivity contribution in [3.05, 3.63) is 93.2 Å². The van der Waals surface area contributed by atoms with Gasteiger partial charge >= 0.3 is 12.2 Å². The maximum absolute atomic E-state index is 12.6. The molecule has 9 nitrogen and oxygen atoms in total. The topological polar surface area (TPSA) is 134 Å². The zero-order valence-electron chi connectivity index (χ0n) is 20.0. The summed E-state index contributed by atoms with van der Waals surface area (Å²) in [5.74, 6) is -1.00. The fraction of sp³-hybridized carbons (Fsp3) is 0.208. The van der Waals surface area contributed by atoms with Crippen molar-refractivity contribution in [3.8, 4) is 0 Å². The van der Waals surface area contributed by atoms with Gasteiger partial charge in [-0.05, 0) is 47.5 Å². The van der Waals surface area contributed by atoms with Gasteiger partial charge in [0.1, 0.15) is 5.69 Å².